The standard InChI is InChI=1S/C85H136N28O21S2/c1-43(2)20-29-55-71(124)108-60(40-114)75(128)105-58(38-48-23-27-50(117)28-24-48)74(127)107-59(39-65(118)119)80(133)112-34-13-19-64(112)78(131)111-66(45(5)6)79(132)109-61(76(129)102-53(16-10-32-97-84(91)92)69(122)100-51(67(86)120)14-8-30-95-82(87)88)41-135-136-42-62(110-70(123)54(17-11-33-98-85(93)94)101-68(121)52(99-46(7)115)15-9-31-96-83(89)90)81(134)113-35-12-18-63(113)77(130)106-56(36-44(3)4)72(125)104-57(73(126)103-55)37-47-21-25-49(116)26-22-47/h21-28,43-45,51-64,66,114,116-117H,8-20,29-42H2,1-7H3,(H2,86,120)(H,99,115)(H,100,122)(H,101,121)(H,102,129)(H,103,126)(H,104,125)(H,105,128)(H,106,130)(H,107,127)(H,108,124)(H,109,132)(H,110,123)(H,111,131)(H,118,119)(H4,87,88,95)(H4,89,90,96)(H4,91,92,97)(H4,93,94,98)/t51-,52-,53-,54-,55-,56-,57-,58-,59-,60-,61-,62-,63-,64-,66-/m0/s1. The van der Waals surface area contributed by atoms with Gasteiger partial charge in [0, 0.05) is 70.5 Å². The lowest BCUT2D eigenvalue weighted by Crippen LogP contribution is -2.62. The van der Waals surface area contributed by atoms with Crippen molar-refractivity contribution in [3.63, 3.8) is 0 Å². The number of benzene rings is 2. The first-order valence-corrected chi connectivity index (χ1v) is 47.5. The van der Waals surface area contributed by atoms with Gasteiger partial charge in [0.25, 0.3) is 0 Å². The number of carbonyl (C=O) groups excluding carboxylic acids is 16. The summed E-state index contributed by atoms with van der Waals surface area (Å²) < 4.78 is 0. The number of guanidine groups is 4. The first-order valence-electron chi connectivity index (χ1n) is 45.0. The molecular weight excluding hydrogens is 1810 g/mol. The summed E-state index contributed by atoms with van der Waals surface area (Å²) in [5.41, 5.74) is 28.5. The van der Waals surface area contributed by atoms with E-state index in [1.54, 1.807) is 13.8 Å². The zero-order valence-corrected chi connectivity index (χ0v) is 79.1. The number of aliphatic hydroxyl groups is 1. The van der Waals surface area contributed by atoms with Crippen molar-refractivity contribution in [1.82, 2.24) is 100 Å². The van der Waals surface area contributed by atoms with Crippen LogP contribution in [0.1, 0.15) is 162 Å². The van der Waals surface area contributed by atoms with E-state index < -0.39 is 252 Å². The number of aliphatic carboxylic acids is 1. The van der Waals surface area contributed by atoms with E-state index in [1.807, 2.05) is 13.8 Å². The Labute approximate surface area is 795 Å². The van der Waals surface area contributed by atoms with Gasteiger partial charge in [0.15, 0.2) is 23.8 Å². The molecule has 136 heavy (non-hydrogen) atoms. The molecule has 15 atom stereocenters. The van der Waals surface area contributed by atoms with E-state index in [0.717, 1.165) is 38.3 Å². The quantitative estimate of drug-likeness (QED) is 0.0128. The van der Waals surface area contributed by atoms with E-state index >= 15 is 38.4 Å². The number of nitrogens with two attached hydrogens (primary N) is 5. The minimum absolute atomic E-state index is 0.00462. The molecule has 3 heterocycles. The second-order valence-corrected chi connectivity index (χ2v) is 37.1. The lowest BCUT2D eigenvalue weighted by Gasteiger charge is -2.31. The van der Waals surface area contributed by atoms with Gasteiger partial charge < -0.3 is 149 Å². The van der Waals surface area contributed by atoms with Crippen LogP contribution < -0.4 is 119 Å². The smallest absolute Gasteiger partial charge is 0.305 e. The fourth-order valence-corrected chi connectivity index (χ4v) is 17.3. The summed E-state index contributed by atoms with van der Waals surface area (Å²) in [5, 5.41) is 117. The average Bonchev–Trinajstić information content (AvgIpc) is 1.57. The number of primary amides is 1. The average molecular weight is 1950 g/mol. The monoisotopic (exact) mass is 1950 g/mol. The molecule has 0 spiro atoms. The number of aromatic hydroxyl groups is 2. The molecule has 16 amide bonds. The number of carboxylic acid groups (broad SMARTS) is 1. The molecule has 0 aromatic heterocycles. The minimum Gasteiger partial charge on any atom is -0.508 e. The van der Waals surface area contributed by atoms with Crippen molar-refractivity contribution in [1.29, 1.82) is 21.6 Å². The number of hydrogen-bond acceptors (Lipinski definition) is 26. The second-order valence-electron chi connectivity index (χ2n) is 34.6. The summed E-state index contributed by atoms with van der Waals surface area (Å²) in [7, 11) is 1.59. The Hall–Kier alpha value is -13.2. The molecule has 3 saturated heterocycles. The van der Waals surface area contributed by atoms with Gasteiger partial charge in [-0.3, -0.25) is 103 Å². The van der Waals surface area contributed by atoms with Gasteiger partial charge in [-0.1, -0.05) is 87.4 Å². The summed E-state index contributed by atoms with van der Waals surface area (Å²) in [6.07, 6.45) is -2.29. The van der Waals surface area contributed by atoms with Gasteiger partial charge in [0.2, 0.25) is 94.5 Å². The van der Waals surface area contributed by atoms with Gasteiger partial charge in [-0.15, -0.1) is 0 Å². The molecule has 3 fully saturated rings. The number of hydrogen-bond donors (Lipinski definition) is 30. The van der Waals surface area contributed by atoms with Crippen LogP contribution in [0.3, 0.4) is 0 Å². The Balaban J connectivity index is 1.76. The molecule has 0 aliphatic carbocycles. The van der Waals surface area contributed by atoms with E-state index in [1.165, 1.54) is 62.4 Å². The Morgan fingerprint density at radius 3 is 1.29 bits per heavy atom. The van der Waals surface area contributed by atoms with Crippen LogP contribution in [-0.4, -0.2) is 303 Å². The van der Waals surface area contributed by atoms with Crippen molar-refractivity contribution < 1.29 is 102 Å². The molecule has 35 N–H and O–H groups in total. The van der Waals surface area contributed by atoms with Gasteiger partial charge in [-0.25, -0.2) is 0 Å². The molecule has 754 valence electrons. The summed E-state index contributed by atoms with van der Waals surface area (Å²) in [5.74, 6) is -22.3. The van der Waals surface area contributed by atoms with Crippen LogP contribution >= 0.6 is 21.6 Å². The molecule has 3 aliphatic heterocycles. The Bertz CT molecular complexity index is 4500. The maximum atomic E-state index is 15.8. The highest BCUT2D eigenvalue weighted by Gasteiger charge is 2.45. The van der Waals surface area contributed by atoms with Crippen LogP contribution in [-0.2, 0) is 94.3 Å². The number of rotatable bonds is 39. The largest absolute Gasteiger partial charge is 0.508 e. The molecule has 0 bridgehead atoms. The molecule has 0 radical (unpaired) electrons. The third-order valence-corrected chi connectivity index (χ3v) is 24.5. The maximum Gasteiger partial charge on any atom is 0.305 e. The predicted octanol–water partition coefficient (Wildman–Crippen LogP) is -6.27. The van der Waals surface area contributed by atoms with E-state index in [2.05, 4.69) is 90.4 Å². The van der Waals surface area contributed by atoms with Gasteiger partial charge >= 0.3 is 5.97 Å². The highest BCUT2D eigenvalue weighted by atomic mass is 33.1. The van der Waals surface area contributed by atoms with Gasteiger partial charge in [0.1, 0.15) is 102 Å². The Morgan fingerprint density at radius 1 is 0.456 bits per heavy atom. The van der Waals surface area contributed by atoms with E-state index in [-0.39, 0.29) is 171 Å². The first-order chi connectivity index (χ1) is 64.2. The van der Waals surface area contributed by atoms with Crippen molar-refractivity contribution in [2.75, 3.05) is 57.4 Å². The van der Waals surface area contributed by atoms with Crippen molar-refractivity contribution in [3.05, 3.63) is 59.7 Å². The Morgan fingerprint density at radius 2 is 0.853 bits per heavy atom. The lowest BCUT2D eigenvalue weighted by atomic mass is 9.99. The van der Waals surface area contributed by atoms with Gasteiger partial charge in [-0.2, -0.15) is 0 Å². The number of nitrogens with zero attached hydrogens (tertiary/aromatic N) is 2. The first kappa shape index (κ1) is 113. The minimum atomic E-state index is -2.02. The zero-order valence-electron chi connectivity index (χ0n) is 77.4. The fraction of sp³-hybridized carbons (Fsp3) is 0.612. The normalized spacial score (nSPS) is 22.1. The maximum absolute atomic E-state index is 15.8. The van der Waals surface area contributed by atoms with Crippen molar-refractivity contribution in [2.45, 2.75) is 255 Å². The van der Waals surface area contributed by atoms with Crippen molar-refractivity contribution in [2.24, 2.45) is 46.4 Å². The SMILES string of the molecule is CC(=O)N[C@@H](CCCNC(=N)N)C(=O)N[C@@H](CCCNC(=N)N)C(=O)N[C@H]1CSSC[C@@H](C(=O)N[C@@H](CCCNC(=N)N)C(=O)N[C@@H](CCCNC(=N)N)C(N)=O)NC(=O)[C@H](C(C)C)NC(=O)[C@@H]2CCCN2C(=O)[C@H](CC(=O)O)NC(=O)[C@H](Cc2ccc(O)cc2)NC(=O)[C@H](CO)NC(=O)[C@H](CCC(C)C)NC(=O)[C@H](Cc2ccc(O)cc2)NC(=O)[C@H](CC(C)C)NC(=O)[C@@H]2CCCN2C1=O. The number of carboxylic acids is 1. The molecule has 2 aromatic rings. The van der Waals surface area contributed by atoms with Crippen molar-refractivity contribution >= 4 is 146 Å². The van der Waals surface area contributed by atoms with E-state index in [0.29, 0.717) is 5.56 Å². The number of nitrogens with one attached hydrogen (secondary N) is 21. The summed E-state index contributed by atoms with van der Waals surface area (Å²) >= 11 is 0. The lowest BCUT2D eigenvalue weighted by molar-refractivity contribution is -0.146. The highest BCUT2D eigenvalue weighted by molar-refractivity contribution is 8.76. The number of aliphatic hydroxyl groups excluding tert-OH is 1. The van der Waals surface area contributed by atoms with Gasteiger partial charge in [-0.05, 0) is 149 Å². The van der Waals surface area contributed by atoms with Crippen LogP contribution in [0.25, 0.3) is 0 Å². The van der Waals surface area contributed by atoms with E-state index in [4.69, 9.17) is 50.3 Å². The summed E-state index contributed by atoms with van der Waals surface area (Å²) in [4.78, 5) is 251. The number of amides is 16. The second kappa shape index (κ2) is 57.5. The highest BCUT2D eigenvalue weighted by Crippen LogP contribution is 2.28. The number of fused-ring (bicyclic) bond motifs is 2. The van der Waals surface area contributed by atoms with Crippen molar-refractivity contribution in [3.8, 4) is 11.5 Å². The van der Waals surface area contributed by atoms with Crippen LogP contribution in [0.5, 0.6) is 11.5 Å². The molecule has 3 aliphatic rings. The molecule has 49 nitrogen and oxygen atoms in total. The van der Waals surface area contributed by atoms with E-state index in [9.17, 15) is 63.6 Å². The third-order valence-electron chi connectivity index (χ3n) is 22.1. The summed E-state index contributed by atoms with van der Waals surface area (Å²) in [6, 6.07) is -13.7. The van der Waals surface area contributed by atoms with Crippen LogP contribution in [0.2, 0.25) is 0 Å². The topological polar surface area (TPSA) is 808 Å². The third kappa shape index (κ3) is 39.7. The molecule has 2 aromatic carbocycles. The number of phenolic OH excluding ortho intramolecular Hbond substituents is 2. The molecule has 0 unspecified atom stereocenters. The number of carbonyl (C=O) groups is 17. The van der Waals surface area contributed by atoms with Crippen LogP contribution in [0.4, 0.5) is 0 Å². The Kier molecular flexibility index (Phi) is 47.9. The van der Waals surface area contributed by atoms with Gasteiger partial charge in [0.05, 0.1) is 13.0 Å². The fourth-order valence-electron chi connectivity index (χ4n) is 15.0. The van der Waals surface area contributed by atoms with Crippen LogP contribution in [0.15, 0.2) is 48.5 Å². The van der Waals surface area contributed by atoms with Crippen LogP contribution in [0, 0.1) is 39.4 Å². The molecular formula is C85H136N28O21S2. The molecule has 5 rings (SSSR count). The summed E-state index contributed by atoms with van der Waals surface area (Å²) in [6.45, 7) is 9.70. The molecule has 51 heteroatoms. The predicted molar refractivity (Wildman–Crippen MR) is 502 cm³/mol. The number of phenols is 2. The zero-order chi connectivity index (χ0) is 101. The molecule has 0 saturated carbocycles.